The summed E-state index contributed by atoms with van der Waals surface area (Å²) < 4.78 is 5.90. The quantitative estimate of drug-likeness (QED) is 0.560. The SMILES string of the molecule is CC(C)(C)[Si](C)(C)OCC/C=C/B(O)O. The molecule has 0 aromatic heterocycles. The summed E-state index contributed by atoms with van der Waals surface area (Å²) in [5.41, 5.74) is 0. The van der Waals surface area contributed by atoms with E-state index in [9.17, 15) is 0 Å². The second kappa shape index (κ2) is 5.84. The van der Waals surface area contributed by atoms with E-state index in [0.29, 0.717) is 6.61 Å². The fourth-order valence-electron chi connectivity index (χ4n) is 0.817. The van der Waals surface area contributed by atoms with Crippen LogP contribution in [-0.2, 0) is 4.43 Å². The van der Waals surface area contributed by atoms with Gasteiger partial charge in [0.15, 0.2) is 8.32 Å². The van der Waals surface area contributed by atoms with E-state index in [1.54, 1.807) is 6.08 Å². The zero-order valence-electron chi connectivity index (χ0n) is 10.4. The van der Waals surface area contributed by atoms with Gasteiger partial charge in [-0.25, -0.2) is 0 Å². The molecule has 0 aromatic rings. The van der Waals surface area contributed by atoms with E-state index in [4.69, 9.17) is 14.5 Å². The zero-order chi connectivity index (χ0) is 12.1. The van der Waals surface area contributed by atoms with Crippen LogP contribution in [0.4, 0.5) is 0 Å². The van der Waals surface area contributed by atoms with Crippen molar-refractivity contribution in [2.24, 2.45) is 0 Å². The summed E-state index contributed by atoms with van der Waals surface area (Å²) in [6, 6.07) is 0. The van der Waals surface area contributed by atoms with Crippen molar-refractivity contribution in [2.45, 2.75) is 45.3 Å². The van der Waals surface area contributed by atoms with Crippen LogP contribution in [0.15, 0.2) is 12.1 Å². The molecule has 0 rings (SSSR count). The molecular weight excluding hydrogens is 207 g/mol. The molecule has 0 aliphatic heterocycles. The van der Waals surface area contributed by atoms with Gasteiger partial charge in [-0.15, -0.1) is 0 Å². The number of hydrogen-bond acceptors (Lipinski definition) is 3. The van der Waals surface area contributed by atoms with Crippen molar-refractivity contribution in [2.75, 3.05) is 6.61 Å². The van der Waals surface area contributed by atoms with Gasteiger partial charge in [-0.1, -0.05) is 32.8 Å². The van der Waals surface area contributed by atoms with Crippen molar-refractivity contribution in [3.05, 3.63) is 12.1 Å². The third-order valence-corrected chi connectivity index (χ3v) is 7.40. The summed E-state index contributed by atoms with van der Waals surface area (Å²) in [6.07, 6.45) is 2.46. The smallest absolute Gasteiger partial charge is 0.424 e. The largest absolute Gasteiger partial charge is 0.480 e. The van der Waals surface area contributed by atoms with Crippen LogP contribution in [0.3, 0.4) is 0 Å². The van der Waals surface area contributed by atoms with Gasteiger partial charge in [-0.3, -0.25) is 0 Å². The van der Waals surface area contributed by atoms with Crippen molar-refractivity contribution >= 4 is 15.4 Å². The van der Waals surface area contributed by atoms with Crippen molar-refractivity contribution < 1.29 is 14.5 Å². The molecule has 0 aliphatic carbocycles. The molecule has 0 bridgehead atoms. The highest BCUT2D eigenvalue weighted by molar-refractivity contribution is 6.74. The Morgan fingerprint density at radius 3 is 2.20 bits per heavy atom. The molecule has 0 saturated carbocycles. The molecule has 2 N–H and O–H groups in total. The highest BCUT2D eigenvalue weighted by atomic mass is 28.4. The second-order valence-corrected chi connectivity index (χ2v) is 10.0. The summed E-state index contributed by atoms with van der Waals surface area (Å²) in [5.74, 6) is 1.36. The molecular formula is C10H23BO3Si. The third-order valence-electron chi connectivity index (χ3n) is 2.86. The van der Waals surface area contributed by atoms with Gasteiger partial charge in [0.2, 0.25) is 0 Å². The highest BCUT2D eigenvalue weighted by Crippen LogP contribution is 2.36. The molecule has 5 heteroatoms. The van der Waals surface area contributed by atoms with E-state index < -0.39 is 15.4 Å². The minimum Gasteiger partial charge on any atom is -0.424 e. The Bertz CT molecular complexity index is 209. The highest BCUT2D eigenvalue weighted by Gasteiger charge is 2.36. The molecule has 88 valence electrons. The van der Waals surface area contributed by atoms with E-state index in [1.165, 1.54) is 5.98 Å². The fraction of sp³-hybridized carbons (Fsp3) is 0.800. The van der Waals surface area contributed by atoms with Crippen molar-refractivity contribution in [1.29, 1.82) is 0 Å². The maximum Gasteiger partial charge on any atom is 0.480 e. The first kappa shape index (κ1) is 14.9. The summed E-state index contributed by atoms with van der Waals surface area (Å²) in [5, 5.41) is 17.4. The van der Waals surface area contributed by atoms with Crippen LogP contribution in [-0.4, -0.2) is 32.1 Å². The first-order valence-corrected chi connectivity index (χ1v) is 8.24. The molecule has 0 unspecified atom stereocenters. The Hall–Kier alpha value is -0.0982. The number of rotatable bonds is 5. The van der Waals surface area contributed by atoms with E-state index in [1.807, 2.05) is 0 Å². The lowest BCUT2D eigenvalue weighted by Crippen LogP contribution is -2.40. The lowest BCUT2D eigenvalue weighted by Gasteiger charge is -2.36. The topological polar surface area (TPSA) is 49.7 Å². The maximum atomic E-state index is 8.58. The Kier molecular flexibility index (Phi) is 5.80. The average Bonchev–Trinajstić information content (AvgIpc) is 2.00. The van der Waals surface area contributed by atoms with E-state index >= 15 is 0 Å². The molecule has 0 fully saturated rings. The van der Waals surface area contributed by atoms with Gasteiger partial charge in [0, 0.05) is 6.61 Å². The Labute approximate surface area is 94.4 Å². The fourth-order valence-corrected chi connectivity index (χ4v) is 1.88. The van der Waals surface area contributed by atoms with Crippen LogP contribution in [0.2, 0.25) is 18.1 Å². The van der Waals surface area contributed by atoms with Gasteiger partial charge in [0.1, 0.15) is 0 Å². The Morgan fingerprint density at radius 2 is 1.80 bits per heavy atom. The molecule has 0 heterocycles. The Morgan fingerprint density at radius 1 is 1.27 bits per heavy atom. The van der Waals surface area contributed by atoms with E-state index in [0.717, 1.165) is 6.42 Å². The van der Waals surface area contributed by atoms with Gasteiger partial charge in [-0.2, -0.15) is 0 Å². The van der Waals surface area contributed by atoms with Gasteiger partial charge in [-0.05, 0) is 24.6 Å². The molecule has 0 aliphatic rings. The van der Waals surface area contributed by atoms with Crippen LogP contribution in [0.5, 0.6) is 0 Å². The van der Waals surface area contributed by atoms with Crippen LogP contribution in [0, 0.1) is 0 Å². The third kappa shape index (κ3) is 6.14. The summed E-state index contributed by atoms with van der Waals surface area (Å²) in [7, 11) is -2.99. The Balaban J connectivity index is 3.87. The standard InChI is InChI=1S/C10H23BO3Si/c1-10(2,3)15(4,5)14-9-7-6-8-11(12)13/h6,8,12-13H,7,9H2,1-5H3/b8-6+. The number of hydrogen-bond donors (Lipinski definition) is 2. The molecule has 0 amide bonds. The van der Waals surface area contributed by atoms with Gasteiger partial charge < -0.3 is 14.5 Å². The van der Waals surface area contributed by atoms with Crippen LogP contribution < -0.4 is 0 Å². The lowest BCUT2D eigenvalue weighted by molar-refractivity contribution is 0.294. The van der Waals surface area contributed by atoms with Gasteiger partial charge in [0.25, 0.3) is 0 Å². The molecule has 0 aromatic carbocycles. The van der Waals surface area contributed by atoms with Crippen LogP contribution in [0.25, 0.3) is 0 Å². The maximum absolute atomic E-state index is 8.58. The van der Waals surface area contributed by atoms with Crippen molar-refractivity contribution in [3.8, 4) is 0 Å². The normalized spacial score (nSPS) is 13.5. The molecule has 0 saturated heterocycles. The predicted octanol–water partition coefficient (Wildman–Crippen LogP) is 1.97. The average molecular weight is 230 g/mol. The summed E-state index contributed by atoms with van der Waals surface area (Å²) >= 11 is 0. The first-order chi connectivity index (χ1) is 6.67. The first-order valence-electron chi connectivity index (χ1n) is 5.33. The van der Waals surface area contributed by atoms with Crippen LogP contribution >= 0.6 is 0 Å². The summed E-state index contributed by atoms with van der Waals surface area (Å²) in [4.78, 5) is 0. The predicted molar refractivity (Wildman–Crippen MR) is 67.1 cm³/mol. The van der Waals surface area contributed by atoms with Gasteiger partial charge >= 0.3 is 7.12 Å². The minimum absolute atomic E-state index is 0.229. The van der Waals surface area contributed by atoms with Crippen molar-refractivity contribution in [1.82, 2.24) is 0 Å². The lowest BCUT2D eigenvalue weighted by atomic mass is 9.91. The molecule has 0 radical (unpaired) electrons. The van der Waals surface area contributed by atoms with Crippen molar-refractivity contribution in [3.63, 3.8) is 0 Å². The molecule has 3 nitrogen and oxygen atoms in total. The molecule has 0 atom stereocenters. The minimum atomic E-state index is -1.64. The second-order valence-electron chi connectivity index (χ2n) is 5.24. The summed E-state index contributed by atoms with van der Waals surface area (Å²) in [6.45, 7) is 11.7. The molecule has 15 heavy (non-hydrogen) atoms. The van der Waals surface area contributed by atoms with E-state index in [2.05, 4.69) is 33.9 Å². The molecule has 0 spiro atoms. The zero-order valence-corrected chi connectivity index (χ0v) is 11.4. The van der Waals surface area contributed by atoms with E-state index in [-0.39, 0.29) is 5.04 Å². The van der Waals surface area contributed by atoms with Gasteiger partial charge in [0.05, 0.1) is 0 Å². The van der Waals surface area contributed by atoms with Crippen LogP contribution in [0.1, 0.15) is 27.2 Å². The monoisotopic (exact) mass is 230 g/mol.